The summed E-state index contributed by atoms with van der Waals surface area (Å²) in [5.74, 6) is 0. The van der Waals surface area contributed by atoms with Crippen LogP contribution in [0.1, 0.15) is 12.0 Å². The quantitative estimate of drug-likeness (QED) is 0.836. The number of benzene rings is 1. The molecule has 1 aromatic heterocycles. The van der Waals surface area contributed by atoms with E-state index in [-0.39, 0.29) is 0 Å². The Morgan fingerprint density at radius 3 is 2.92 bits per heavy atom. The number of piperazine rings is 1. The number of hydrogen-bond acceptors (Lipinski definition) is 6. The standard InChI is InChI=1S/C18H25N3O3/c1-14-2-3-17-16(12-14)19-18(24-17)21-7-5-20(6-8-21)9-11-23-15-4-10-22-13-15/h2-3,12,15H,4-11,13H2,1H3. The molecule has 6 nitrogen and oxygen atoms in total. The monoisotopic (exact) mass is 331 g/mol. The van der Waals surface area contributed by atoms with Crippen molar-refractivity contribution in [2.75, 3.05) is 57.4 Å². The summed E-state index contributed by atoms with van der Waals surface area (Å²) in [5, 5.41) is 0. The van der Waals surface area contributed by atoms with Crippen molar-refractivity contribution >= 4 is 17.1 Å². The van der Waals surface area contributed by atoms with Crippen LogP contribution in [0.25, 0.3) is 11.1 Å². The molecule has 0 spiro atoms. The van der Waals surface area contributed by atoms with Crippen molar-refractivity contribution in [2.45, 2.75) is 19.4 Å². The summed E-state index contributed by atoms with van der Waals surface area (Å²) in [5.41, 5.74) is 3.02. The molecule has 0 bridgehead atoms. The average Bonchev–Trinajstić information content (AvgIpc) is 3.24. The molecule has 2 aromatic rings. The largest absolute Gasteiger partial charge is 0.423 e. The lowest BCUT2D eigenvalue weighted by atomic mass is 10.2. The molecule has 0 radical (unpaired) electrons. The van der Waals surface area contributed by atoms with Gasteiger partial charge in [-0.1, -0.05) is 6.07 Å². The Balaban J connectivity index is 1.27. The number of fused-ring (bicyclic) bond motifs is 1. The highest BCUT2D eigenvalue weighted by Crippen LogP contribution is 2.23. The van der Waals surface area contributed by atoms with Gasteiger partial charge in [-0.15, -0.1) is 0 Å². The highest BCUT2D eigenvalue weighted by atomic mass is 16.5. The van der Waals surface area contributed by atoms with Gasteiger partial charge in [0.15, 0.2) is 5.58 Å². The van der Waals surface area contributed by atoms with Crippen LogP contribution in [0.5, 0.6) is 0 Å². The van der Waals surface area contributed by atoms with Crippen LogP contribution in [-0.2, 0) is 9.47 Å². The molecule has 130 valence electrons. The average molecular weight is 331 g/mol. The molecule has 3 heterocycles. The van der Waals surface area contributed by atoms with Gasteiger partial charge in [0.25, 0.3) is 6.01 Å². The first kappa shape index (κ1) is 15.9. The molecular weight excluding hydrogens is 306 g/mol. The summed E-state index contributed by atoms with van der Waals surface area (Å²) in [4.78, 5) is 9.32. The molecule has 0 saturated carbocycles. The van der Waals surface area contributed by atoms with E-state index in [1.807, 2.05) is 6.07 Å². The molecular formula is C18H25N3O3. The van der Waals surface area contributed by atoms with Gasteiger partial charge in [0.1, 0.15) is 5.52 Å². The van der Waals surface area contributed by atoms with Crippen molar-refractivity contribution in [3.63, 3.8) is 0 Å². The predicted molar refractivity (Wildman–Crippen MR) is 92.6 cm³/mol. The summed E-state index contributed by atoms with van der Waals surface area (Å²) < 4.78 is 17.1. The molecule has 0 aliphatic carbocycles. The van der Waals surface area contributed by atoms with Crippen molar-refractivity contribution in [3.05, 3.63) is 23.8 Å². The van der Waals surface area contributed by atoms with Crippen LogP contribution in [0, 0.1) is 6.92 Å². The second-order valence-electron chi connectivity index (χ2n) is 6.65. The fourth-order valence-corrected chi connectivity index (χ4v) is 3.32. The Morgan fingerprint density at radius 2 is 2.12 bits per heavy atom. The minimum Gasteiger partial charge on any atom is -0.423 e. The number of aryl methyl sites for hydroxylation is 1. The van der Waals surface area contributed by atoms with Gasteiger partial charge in [0.05, 0.1) is 19.3 Å². The Hall–Kier alpha value is -1.63. The first-order valence-electron chi connectivity index (χ1n) is 8.82. The molecule has 2 fully saturated rings. The number of oxazole rings is 1. The lowest BCUT2D eigenvalue weighted by Gasteiger charge is -2.33. The maximum Gasteiger partial charge on any atom is 0.298 e. The van der Waals surface area contributed by atoms with E-state index in [9.17, 15) is 0 Å². The predicted octanol–water partition coefficient (Wildman–Crippen LogP) is 2.06. The van der Waals surface area contributed by atoms with Crippen LogP contribution >= 0.6 is 0 Å². The molecule has 6 heteroatoms. The Kier molecular flexibility index (Phi) is 4.69. The topological polar surface area (TPSA) is 51.0 Å². The first-order chi connectivity index (χ1) is 11.8. The minimum absolute atomic E-state index is 0.300. The zero-order valence-electron chi connectivity index (χ0n) is 14.2. The van der Waals surface area contributed by atoms with E-state index in [2.05, 4.69) is 33.8 Å². The number of hydrogen-bond donors (Lipinski definition) is 0. The summed E-state index contributed by atoms with van der Waals surface area (Å²) >= 11 is 0. The number of anilines is 1. The zero-order valence-corrected chi connectivity index (χ0v) is 14.2. The highest BCUT2D eigenvalue weighted by molar-refractivity contribution is 5.75. The van der Waals surface area contributed by atoms with Gasteiger partial charge in [0, 0.05) is 39.3 Å². The van der Waals surface area contributed by atoms with E-state index in [1.54, 1.807) is 0 Å². The van der Waals surface area contributed by atoms with E-state index < -0.39 is 0 Å². The molecule has 2 aliphatic heterocycles. The van der Waals surface area contributed by atoms with E-state index >= 15 is 0 Å². The van der Waals surface area contributed by atoms with Gasteiger partial charge < -0.3 is 18.8 Å². The number of rotatable bonds is 5. The summed E-state index contributed by atoms with van der Waals surface area (Å²) in [6.07, 6.45) is 1.33. The van der Waals surface area contributed by atoms with Crippen molar-refractivity contribution < 1.29 is 13.9 Å². The molecule has 4 rings (SSSR count). The van der Waals surface area contributed by atoms with Crippen LogP contribution < -0.4 is 4.90 Å². The molecule has 1 aromatic carbocycles. The normalized spacial score (nSPS) is 22.5. The second kappa shape index (κ2) is 7.09. The lowest BCUT2D eigenvalue weighted by Crippen LogP contribution is -2.47. The van der Waals surface area contributed by atoms with Gasteiger partial charge in [-0.05, 0) is 31.0 Å². The second-order valence-corrected chi connectivity index (χ2v) is 6.65. The number of aromatic nitrogens is 1. The van der Waals surface area contributed by atoms with Crippen LogP contribution in [0.2, 0.25) is 0 Å². The van der Waals surface area contributed by atoms with Crippen molar-refractivity contribution in [3.8, 4) is 0 Å². The molecule has 24 heavy (non-hydrogen) atoms. The number of nitrogens with zero attached hydrogens (tertiary/aromatic N) is 3. The van der Waals surface area contributed by atoms with Crippen LogP contribution in [0.3, 0.4) is 0 Å². The molecule has 2 saturated heterocycles. The van der Waals surface area contributed by atoms with E-state index in [1.165, 1.54) is 5.56 Å². The van der Waals surface area contributed by atoms with Gasteiger partial charge >= 0.3 is 0 Å². The Labute approximate surface area is 142 Å². The van der Waals surface area contributed by atoms with E-state index in [4.69, 9.17) is 13.9 Å². The van der Waals surface area contributed by atoms with Gasteiger partial charge in [-0.2, -0.15) is 4.98 Å². The maximum atomic E-state index is 5.90. The van der Waals surface area contributed by atoms with Gasteiger partial charge in [-0.25, -0.2) is 0 Å². The highest BCUT2D eigenvalue weighted by Gasteiger charge is 2.22. The lowest BCUT2D eigenvalue weighted by molar-refractivity contribution is 0.0289. The zero-order chi connectivity index (χ0) is 16.4. The molecule has 1 atom stereocenters. The van der Waals surface area contributed by atoms with Crippen LogP contribution in [0.15, 0.2) is 22.6 Å². The fraction of sp³-hybridized carbons (Fsp3) is 0.611. The van der Waals surface area contributed by atoms with E-state index in [0.717, 1.165) is 76.1 Å². The third-order valence-electron chi connectivity index (χ3n) is 4.82. The summed E-state index contributed by atoms with van der Waals surface area (Å²) in [6.45, 7) is 9.36. The van der Waals surface area contributed by atoms with Gasteiger partial charge in [-0.3, -0.25) is 4.90 Å². The summed E-state index contributed by atoms with van der Waals surface area (Å²) in [7, 11) is 0. The third kappa shape index (κ3) is 3.55. The Bertz CT molecular complexity index is 673. The van der Waals surface area contributed by atoms with Crippen molar-refractivity contribution in [1.82, 2.24) is 9.88 Å². The molecule has 2 aliphatic rings. The summed E-state index contributed by atoms with van der Waals surface area (Å²) in [6, 6.07) is 6.88. The smallest absolute Gasteiger partial charge is 0.298 e. The SMILES string of the molecule is Cc1ccc2oc(N3CCN(CCOC4CCOC4)CC3)nc2c1. The fourth-order valence-electron chi connectivity index (χ4n) is 3.32. The van der Waals surface area contributed by atoms with Crippen LogP contribution in [-0.4, -0.2) is 68.5 Å². The van der Waals surface area contributed by atoms with E-state index in [0.29, 0.717) is 6.10 Å². The molecule has 1 unspecified atom stereocenters. The first-order valence-corrected chi connectivity index (χ1v) is 8.82. The third-order valence-corrected chi connectivity index (χ3v) is 4.82. The van der Waals surface area contributed by atoms with Crippen molar-refractivity contribution in [1.29, 1.82) is 0 Å². The molecule has 0 amide bonds. The van der Waals surface area contributed by atoms with Gasteiger partial charge in [0.2, 0.25) is 0 Å². The minimum atomic E-state index is 0.300. The van der Waals surface area contributed by atoms with Crippen molar-refractivity contribution in [2.24, 2.45) is 0 Å². The van der Waals surface area contributed by atoms with Crippen LogP contribution in [0.4, 0.5) is 6.01 Å². The maximum absolute atomic E-state index is 5.90. The molecule has 0 N–H and O–H groups in total. The Morgan fingerprint density at radius 1 is 1.25 bits per heavy atom. The number of ether oxygens (including phenoxy) is 2.